The summed E-state index contributed by atoms with van der Waals surface area (Å²) in [5.74, 6) is -1.97. The molecule has 1 fully saturated rings. The molecule has 4 rings (SSSR count). The van der Waals surface area contributed by atoms with Crippen LogP contribution in [0.5, 0.6) is 0 Å². The molecular weight excluding hydrogens is 338 g/mol. The summed E-state index contributed by atoms with van der Waals surface area (Å²) < 4.78 is 0. The molecule has 0 aromatic heterocycles. The second kappa shape index (κ2) is 5.84. The van der Waals surface area contributed by atoms with Crippen molar-refractivity contribution in [3.63, 3.8) is 0 Å². The molecule has 1 saturated heterocycles. The Kier molecular flexibility index (Phi) is 3.73. The largest absolute Gasteiger partial charge is 0.299 e. The second-order valence-electron chi connectivity index (χ2n) is 6.96. The number of piperidine rings is 1. The van der Waals surface area contributed by atoms with Crippen molar-refractivity contribution in [1.82, 2.24) is 15.1 Å². The molecule has 3 heterocycles. The van der Waals surface area contributed by atoms with Gasteiger partial charge in [-0.2, -0.15) is 0 Å². The van der Waals surface area contributed by atoms with Gasteiger partial charge in [-0.3, -0.25) is 39.1 Å². The number of nitrogens with zero attached hydrogens (tertiary/aromatic N) is 2. The topological polar surface area (TPSA) is 104 Å². The highest BCUT2D eigenvalue weighted by Gasteiger charge is 2.45. The number of fused-ring (bicyclic) bond motifs is 2. The number of imide groups is 2. The number of carbonyl (C=O) groups is 5. The van der Waals surface area contributed by atoms with Crippen LogP contribution in [0.1, 0.15) is 51.6 Å². The molecule has 1 N–H and O–H groups in total. The first-order valence-corrected chi connectivity index (χ1v) is 8.44. The molecule has 1 aromatic rings. The zero-order valence-electron chi connectivity index (χ0n) is 14.2. The molecule has 4 amide bonds. The minimum atomic E-state index is -0.954. The fourth-order valence-electron chi connectivity index (χ4n) is 3.87. The van der Waals surface area contributed by atoms with Crippen molar-refractivity contribution in [2.45, 2.75) is 38.9 Å². The molecule has 1 aromatic carbocycles. The Hall–Kier alpha value is -2.87. The number of amides is 4. The number of hydrogen-bond acceptors (Lipinski definition) is 6. The molecular formula is C18H17N3O5. The van der Waals surface area contributed by atoms with Gasteiger partial charge in [-0.15, -0.1) is 0 Å². The Balaban J connectivity index is 1.62. The molecule has 1 unspecified atom stereocenters. The summed E-state index contributed by atoms with van der Waals surface area (Å²) in [6.45, 7) is 2.93. The van der Waals surface area contributed by atoms with Gasteiger partial charge in [-0.1, -0.05) is 0 Å². The highest BCUT2D eigenvalue weighted by Crippen LogP contribution is 2.33. The van der Waals surface area contributed by atoms with Crippen molar-refractivity contribution in [3.05, 3.63) is 34.4 Å². The van der Waals surface area contributed by atoms with E-state index >= 15 is 0 Å². The summed E-state index contributed by atoms with van der Waals surface area (Å²) in [5.41, 5.74) is 2.39. The SMILES string of the molecule is CC(=O)CN1Cc2cc3c(cc2C1)C(=O)N(C1CCC(=O)NC1=O)C3=O. The molecule has 0 radical (unpaired) electrons. The Morgan fingerprint density at radius 2 is 1.65 bits per heavy atom. The summed E-state index contributed by atoms with van der Waals surface area (Å²) in [6, 6.07) is 2.43. The number of Topliss-reactive ketones (excluding diaryl/α,β-unsaturated/α-hetero) is 1. The molecule has 8 heteroatoms. The van der Waals surface area contributed by atoms with Gasteiger partial charge in [0.05, 0.1) is 17.7 Å². The first kappa shape index (κ1) is 16.6. The van der Waals surface area contributed by atoms with Crippen LogP contribution in [0.2, 0.25) is 0 Å². The maximum atomic E-state index is 12.8. The van der Waals surface area contributed by atoms with Crippen LogP contribution in [-0.4, -0.2) is 51.8 Å². The lowest BCUT2D eigenvalue weighted by Gasteiger charge is -2.27. The van der Waals surface area contributed by atoms with Crippen molar-refractivity contribution in [1.29, 1.82) is 0 Å². The molecule has 3 aliphatic rings. The number of ketones is 1. The molecule has 0 saturated carbocycles. The third kappa shape index (κ3) is 2.53. The average Bonchev–Trinajstić information content (AvgIpc) is 3.05. The van der Waals surface area contributed by atoms with E-state index in [1.165, 1.54) is 6.92 Å². The van der Waals surface area contributed by atoms with E-state index in [1.807, 2.05) is 4.90 Å². The zero-order valence-corrected chi connectivity index (χ0v) is 14.2. The molecule has 134 valence electrons. The van der Waals surface area contributed by atoms with Gasteiger partial charge in [0.15, 0.2) is 0 Å². The Bertz CT molecular complexity index is 846. The minimum absolute atomic E-state index is 0.0570. The van der Waals surface area contributed by atoms with Gasteiger partial charge in [0.1, 0.15) is 11.8 Å². The van der Waals surface area contributed by atoms with Crippen LogP contribution < -0.4 is 5.32 Å². The highest BCUT2D eigenvalue weighted by molar-refractivity contribution is 6.23. The normalized spacial score (nSPS) is 22.5. The fourth-order valence-corrected chi connectivity index (χ4v) is 3.87. The Morgan fingerprint density at radius 1 is 1.08 bits per heavy atom. The predicted octanol–water partition coefficient (Wildman–Crippen LogP) is -0.00760. The van der Waals surface area contributed by atoms with Gasteiger partial charge in [-0.05, 0) is 36.6 Å². The Labute approximate surface area is 149 Å². The minimum Gasteiger partial charge on any atom is -0.299 e. The van der Waals surface area contributed by atoms with Crippen LogP contribution in [0, 0.1) is 0 Å². The number of nitrogens with one attached hydrogen (secondary N) is 1. The van der Waals surface area contributed by atoms with Gasteiger partial charge in [-0.25, -0.2) is 0 Å². The standard InChI is InChI=1S/C18H17N3O5/c1-9(22)6-20-7-10-4-12-13(5-11(10)8-20)18(26)21(17(12)25)14-2-3-15(23)19-16(14)24/h4-5,14H,2-3,6-8H2,1H3,(H,19,23,24). The first-order valence-electron chi connectivity index (χ1n) is 8.44. The van der Waals surface area contributed by atoms with Gasteiger partial charge in [0, 0.05) is 19.5 Å². The number of hydrogen-bond donors (Lipinski definition) is 1. The van der Waals surface area contributed by atoms with Crippen LogP contribution in [0.4, 0.5) is 0 Å². The summed E-state index contributed by atoms with van der Waals surface area (Å²) in [5, 5.41) is 2.18. The van der Waals surface area contributed by atoms with Crippen molar-refractivity contribution >= 4 is 29.4 Å². The molecule has 26 heavy (non-hydrogen) atoms. The van der Waals surface area contributed by atoms with E-state index in [0.717, 1.165) is 16.0 Å². The van der Waals surface area contributed by atoms with E-state index in [-0.39, 0.29) is 29.8 Å². The van der Waals surface area contributed by atoms with Crippen molar-refractivity contribution < 1.29 is 24.0 Å². The number of carbonyl (C=O) groups excluding carboxylic acids is 5. The van der Waals surface area contributed by atoms with Gasteiger partial charge < -0.3 is 0 Å². The third-order valence-corrected chi connectivity index (χ3v) is 4.99. The van der Waals surface area contributed by atoms with Crippen LogP contribution in [0.25, 0.3) is 0 Å². The average molecular weight is 355 g/mol. The fraction of sp³-hybridized carbons (Fsp3) is 0.389. The molecule has 3 aliphatic heterocycles. The Morgan fingerprint density at radius 3 is 2.15 bits per heavy atom. The monoisotopic (exact) mass is 355 g/mol. The van der Waals surface area contributed by atoms with E-state index in [1.54, 1.807) is 12.1 Å². The van der Waals surface area contributed by atoms with Crippen LogP contribution in [0.15, 0.2) is 12.1 Å². The zero-order chi connectivity index (χ0) is 18.6. The van der Waals surface area contributed by atoms with E-state index < -0.39 is 29.7 Å². The number of rotatable bonds is 3. The molecule has 1 atom stereocenters. The van der Waals surface area contributed by atoms with E-state index in [4.69, 9.17) is 0 Å². The van der Waals surface area contributed by atoms with Gasteiger partial charge in [0.25, 0.3) is 11.8 Å². The molecule has 8 nitrogen and oxygen atoms in total. The first-order chi connectivity index (χ1) is 12.3. The summed E-state index contributed by atoms with van der Waals surface area (Å²) >= 11 is 0. The quantitative estimate of drug-likeness (QED) is 0.765. The predicted molar refractivity (Wildman–Crippen MR) is 87.9 cm³/mol. The highest BCUT2D eigenvalue weighted by atomic mass is 16.2. The van der Waals surface area contributed by atoms with Crippen molar-refractivity contribution in [2.24, 2.45) is 0 Å². The van der Waals surface area contributed by atoms with Crippen LogP contribution in [0.3, 0.4) is 0 Å². The summed E-state index contributed by atoms with van der Waals surface area (Å²) in [4.78, 5) is 63.1. The van der Waals surface area contributed by atoms with Crippen molar-refractivity contribution in [3.8, 4) is 0 Å². The lowest BCUT2D eigenvalue weighted by atomic mass is 10.0. The van der Waals surface area contributed by atoms with Crippen LogP contribution >= 0.6 is 0 Å². The smallest absolute Gasteiger partial charge is 0.262 e. The summed E-state index contributed by atoms with van der Waals surface area (Å²) in [6.07, 6.45) is 0.239. The van der Waals surface area contributed by atoms with E-state index in [2.05, 4.69) is 5.32 Å². The number of benzene rings is 1. The lowest BCUT2D eigenvalue weighted by Crippen LogP contribution is -2.54. The van der Waals surface area contributed by atoms with E-state index in [9.17, 15) is 24.0 Å². The maximum Gasteiger partial charge on any atom is 0.262 e. The van der Waals surface area contributed by atoms with Gasteiger partial charge in [0.2, 0.25) is 11.8 Å². The summed E-state index contributed by atoms with van der Waals surface area (Å²) in [7, 11) is 0. The van der Waals surface area contributed by atoms with E-state index in [0.29, 0.717) is 19.6 Å². The molecule has 0 aliphatic carbocycles. The lowest BCUT2D eigenvalue weighted by molar-refractivity contribution is -0.136. The molecule has 0 spiro atoms. The second-order valence-corrected chi connectivity index (χ2v) is 6.96. The van der Waals surface area contributed by atoms with Gasteiger partial charge >= 0.3 is 0 Å². The van der Waals surface area contributed by atoms with Crippen molar-refractivity contribution in [2.75, 3.05) is 6.54 Å². The molecule has 0 bridgehead atoms. The van der Waals surface area contributed by atoms with Crippen LogP contribution in [-0.2, 0) is 27.5 Å². The maximum absolute atomic E-state index is 12.8. The third-order valence-electron chi connectivity index (χ3n) is 4.99.